The smallest absolute Gasteiger partial charge is 0.251 e. The highest BCUT2D eigenvalue weighted by atomic mass is 32.2. The van der Waals surface area contributed by atoms with Crippen LogP contribution in [-0.4, -0.2) is 25.6 Å². The minimum absolute atomic E-state index is 0.134. The van der Waals surface area contributed by atoms with Crippen molar-refractivity contribution in [2.75, 3.05) is 0 Å². The van der Waals surface area contributed by atoms with Gasteiger partial charge >= 0.3 is 0 Å². The van der Waals surface area contributed by atoms with Crippen LogP contribution in [0.4, 0.5) is 0 Å². The van der Waals surface area contributed by atoms with Gasteiger partial charge in [-0.3, -0.25) is 4.79 Å². The van der Waals surface area contributed by atoms with Gasteiger partial charge < -0.3 is 5.32 Å². The fourth-order valence-corrected chi connectivity index (χ4v) is 4.91. The van der Waals surface area contributed by atoms with E-state index in [2.05, 4.69) is 23.5 Å². The quantitative estimate of drug-likeness (QED) is 0.917. The molecule has 2 aliphatic carbocycles. The molecule has 0 saturated heterocycles. The molecule has 2 aromatic carbocycles. The van der Waals surface area contributed by atoms with Gasteiger partial charge in [-0.2, -0.15) is 0 Å². The minimum atomic E-state index is -3.31. The maximum Gasteiger partial charge on any atom is 0.251 e. The van der Waals surface area contributed by atoms with E-state index in [1.807, 2.05) is 6.07 Å². The molecule has 0 heterocycles. The normalized spacial score (nSPS) is 23.9. The Morgan fingerprint density at radius 2 is 1.76 bits per heavy atom. The van der Waals surface area contributed by atoms with Crippen molar-refractivity contribution in [3.8, 4) is 0 Å². The van der Waals surface area contributed by atoms with Crippen molar-refractivity contribution in [1.82, 2.24) is 5.32 Å². The second-order valence-electron chi connectivity index (χ2n) is 7.21. The summed E-state index contributed by atoms with van der Waals surface area (Å²) in [6, 6.07) is 14.8. The molecule has 2 aliphatic rings. The summed E-state index contributed by atoms with van der Waals surface area (Å²) in [6.45, 7) is 3.30. The average Bonchev–Trinajstić information content (AvgIpc) is 3.11. The Balaban J connectivity index is 1.45. The molecular weight excluding hydrogens is 334 g/mol. The number of benzene rings is 2. The lowest BCUT2D eigenvalue weighted by molar-refractivity contribution is 0.0948. The van der Waals surface area contributed by atoms with Crippen molar-refractivity contribution in [2.45, 2.75) is 42.4 Å². The van der Waals surface area contributed by atoms with Gasteiger partial charge in [0.2, 0.25) is 0 Å². The number of hydrogen-bond acceptors (Lipinski definition) is 3. The van der Waals surface area contributed by atoms with Crippen LogP contribution in [0.25, 0.3) is 0 Å². The van der Waals surface area contributed by atoms with E-state index < -0.39 is 15.1 Å². The molecule has 1 fully saturated rings. The van der Waals surface area contributed by atoms with Crippen LogP contribution in [0, 0.1) is 5.92 Å². The molecule has 3 atom stereocenters. The lowest BCUT2D eigenvalue weighted by Gasteiger charge is -2.11. The fraction of sp³-hybridized carbons (Fsp3) is 0.350. The first-order valence-corrected chi connectivity index (χ1v) is 10.2. The maximum absolute atomic E-state index is 12.5. The van der Waals surface area contributed by atoms with E-state index in [4.69, 9.17) is 0 Å². The standard InChI is InChI=1S/C20H21NO3S/c1-12(2)25(23,24)15-9-7-13(8-10-15)20(22)21-19-17-11-14-5-3-4-6-16(14)18(17)19/h3-10,12,17-19H,11H2,1-2H3,(H,21,22)/t17-,18+,19+/m0/s1. The highest BCUT2D eigenvalue weighted by Crippen LogP contribution is 2.56. The number of hydrogen-bond donors (Lipinski definition) is 1. The monoisotopic (exact) mass is 355 g/mol. The molecule has 1 N–H and O–H groups in total. The van der Waals surface area contributed by atoms with Crippen LogP contribution in [0.1, 0.15) is 41.3 Å². The zero-order chi connectivity index (χ0) is 17.8. The van der Waals surface area contributed by atoms with Crippen molar-refractivity contribution in [3.05, 3.63) is 65.2 Å². The number of amides is 1. The molecule has 2 aromatic rings. The number of carbonyl (C=O) groups excluding carboxylic acids is 1. The maximum atomic E-state index is 12.5. The van der Waals surface area contributed by atoms with Crippen LogP contribution in [-0.2, 0) is 16.3 Å². The van der Waals surface area contributed by atoms with Crippen molar-refractivity contribution < 1.29 is 13.2 Å². The van der Waals surface area contributed by atoms with Crippen molar-refractivity contribution in [3.63, 3.8) is 0 Å². The molecule has 0 unspecified atom stereocenters. The summed E-state index contributed by atoms with van der Waals surface area (Å²) in [5.41, 5.74) is 3.25. The summed E-state index contributed by atoms with van der Waals surface area (Å²) >= 11 is 0. The summed E-state index contributed by atoms with van der Waals surface area (Å²) in [5.74, 6) is 0.799. The van der Waals surface area contributed by atoms with Gasteiger partial charge in [0.05, 0.1) is 10.1 Å². The van der Waals surface area contributed by atoms with Gasteiger partial charge in [-0.25, -0.2) is 8.42 Å². The molecule has 5 heteroatoms. The topological polar surface area (TPSA) is 63.2 Å². The molecule has 130 valence electrons. The van der Waals surface area contributed by atoms with E-state index in [1.54, 1.807) is 26.0 Å². The first-order chi connectivity index (χ1) is 11.9. The Bertz CT molecular complexity index is 932. The van der Waals surface area contributed by atoms with Crippen molar-refractivity contribution in [2.24, 2.45) is 5.92 Å². The molecule has 1 amide bonds. The summed E-state index contributed by atoms with van der Waals surface area (Å²) in [7, 11) is -3.31. The second kappa shape index (κ2) is 5.70. The molecule has 0 aliphatic heterocycles. The molecule has 0 radical (unpaired) electrons. The van der Waals surface area contributed by atoms with Gasteiger partial charge in [-0.1, -0.05) is 24.3 Å². The number of carbonyl (C=O) groups is 1. The average molecular weight is 355 g/mol. The zero-order valence-corrected chi connectivity index (χ0v) is 15.1. The Kier molecular flexibility index (Phi) is 3.72. The Morgan fingerprint density at radius 3 is 2.44 bits per heavy atom. The fourth-order valence-electron chi connectivity index (χ4n) is 3.85. The third-order valence-corrected chi connectivity index (χ3v) is 7.57. The van der Waals surface area contributed by atoms with Gasteiger partial charge in [-0.05, 0) is 61.6 Å². The van der Waals surface area contributed by atoms with Gasteiger partial charge in [0.1, 0.15) is 0 Å². The van der Waals surface area contributed by atoms with Crippen LogP contribution < -0.4 is 5.32 Å². The van der Waals surface area contributed by atoms with Crippen LogP contribution in [0.5, 0.6) is 0 Å². The first kappa shape index (κ1) is 16.3. The molecule has 0 aromatic heterocycles. The number of sulfone groups is 1. The van der Waals surface area contributed by atoms with Crippen LogP contribution >= 0.6 is 0 Å². The Labute approximate surface area is 148 Å². The van der Waals surface area contributed by atoms with E-state index in [1.165, 1.54) is 23.3 Å². The first-order valence-electron chi connectivity index (χ1n) is 8.62. The summed E-state index contributed by atoms with van der Waals surface area (Å²) in [5, 5.41) is 2.63. The number of fused-ring (bicyclic) bond motifs is 3. The largest absolute Gasteiger partial charge is 0.348 e. The Hall–Kier alpha value is -2.14. The van der Waals surface area contributed by atoms with E-state index >= 15 is 0 Å². The summed E-state index contributed by atoms with van der Waals surface area (Å²) in [4.78, 5) is 12.7. The SMILES string of the molecule is CC(C)S(=O)(=O)c1ccc(C(=O)N[C@@H]2[C@H]3Cc4ccccc4[C@H]32)cc1. The minimum Gasteiger partial charge on any atom is -0.348 e. The second-order valence-corrected chi connectivity index (χ2v) is 9.71. The number of nitrogens with one attached hydrogen (secondary N) is 1. The predicted molar refractivity (Wildman–Crippen MR) is 96.4 cm³/mol. The highest BCUT2D eigenvalue weighted by Gasteiger charge is 2.56. The molecule has 25 heavy (non-hydrogen) atoms. The predicted octanol–water partition coefficient (Wildman–Crippen LogP) is 2.94. The van der Waals surface area contributed by atoms with E-state index in [-0.39, 0.29) is 16.8 Å². The molecule has 4 nitrogen and oxygen atoms in total. The molecule has 4 rings (SSSR count). The van der Waals surface area contributed by atoms with Gasteiger partial charge in [-0.15, -0.1) is 0 Å². The highest BCUT2D eigenvalue weighted by molar-refractivity contribution is 7.92. The Morgan fingerprint density at radius 1 is 1.08 bits per heavy atom. The lowest BCUT2D eigenvalue weighted by atomic mass is 10.0. The summed E-state index contributed by atoms with van der Waals surface area (Å²) in [6.07, 6.45) is 1.03. The van der Waals surface area contributed by atoms with Crippen LogP contribution in [0.2, 0.25) is 0 Å². The number of rotatable bonds is 4. The van der Waals surface area contributed by atoms with Crippen molar-refractivity contribution >= 4 is 15.7 Å². The molecule has 0 bridgehead atoms. The van der Waals surface area contributed by atoms with Crippen molar-refractivity contribution in [1.29, 1.82) is 0 Å². The van der Waals surface area contributed by atoms with E-state index in [0.717, 1.165) is 6.42 Å². The van der Waals surface area contributed by atoms with E-state index in [9.17, 15) is 13.2 Å². The molecule has 0 spiro atoms. The molecular formula is C20H21NO3S. The summed E-state index contributed by atoms with van der Waals surface area (Å²) < 4.78 is 24.3. The molecule has 1 saturated carbocycles. The zero-order valence-electron chi connectivity index (χ0n) is 14.3. The third-order valence-electron chi connectivity index (χ3n) is 5.40. The lowest BCUT2D eigenvalue weighted by Crippen LogP contribution is -2.28. The van der Waals surface area contributed by atoms with E-state index in [0.29, 0.717) is 17.4 Å². The van der Waals surface area contributed by atoms with Crippen LogP contribution in [0.3, 0.4) is 0 Å². The van der Waals surface area contributed by atoms with Gasteiger partial charge in [0, 0.05) is 17.5 Å². The van der Waals surface area contributed by atoms with Crippen LogP contribution in [0.15, 0.2) is 53.4 Å². The van der Waals surface area contributed by atoms with Gasteiger partial charge in [0.15, 0.2) is 9.84 Å². The van der Waals surface area contributed by atoms with Gasteiger partial charge in [0.25, 0.3) is 5.91 Å². The third kappa shape index (κ3) is 2.67.